The van der Waals surface area contributed by atoms with Crippen LogP contribution in [0.5, 0.6) is 5.75 Å². The predicted molar refractivity (Wildman–Crippen MR) is 170 cm³/mol. The van der Waals surface area contributed by atoms with Gasteiger partial charge in [0.2, 0.25) is 11.8 Å². The fourth-order valence-electron chi connectivity index (χ4n) is 4.62. The van der Waals surface area contributed by atoms with Gasteiger partial charge < -0.3 is 26.4 Å². The van der Waals surface area contributed by atoms with Gasteiger partial charge in [-0.2, -0.15) is 0 Å². The van der Waals surface area contributed by atoms with E-state index in [0.717, 1.165) is 27.8 Å². The Morgan fingerprint density at radius 3 is 2.05 bits per heavy atom. The lowest BCUT2D eigenvalue weighted by Crippen LogP contribution is -2.55. The van der Waals surface area contributed by atoms with Crippen molar-refractivity contribution in [3.05, 3.63) is 131 Å². The van der Waals surface area contributed by atoms with Gasteiger partial charge in [0.05, 0.1) is 6.61 Å². The Hall–Kier alpha value is -5.02. The van der Waals surface area contributed by atoms with Crippen LogP contribution in [0, 0.1) is 6.92 Å². The molecule has 0 bridgehead atoms. The van der Waals surface area contributed by atoms with E-state index in [1.54, 1.807) is 30.6 Å². The number of hydrogen-bond donors (Lipinski definition) is 4. The zero-order valence-electron chi connectivity index (χ0n) is 25.1. The molecule has 2 unspecified atom stereocenters. The smallest absolute Gasteiger partial charge is 0.251 e. The molecule has 3 amide bonds. The van der Waals surface area contributed by atoms with Crippen molar-refractivity contribution < 1.29 is 19.1 Å². The molecule has 4 rings (SSSR count). The summed E-state index contributed by atoms with van der Waals surface area (Å²) in [5.41, 5.74) is 10.7. The predicted octanol–water partition coefficient (Wildman–Crippen LogP) is 3.63. The summed E-state index contributed by atoms with van der Waals surface area (Å²) in [7, 11) is 0. The first-order valence-corrected chi connectivity index (χ1v) is 14.7. The Labute approximate surface area is 258 Å². The molecule has 1 aromatic heterocycles. The molecule has 0 aliphatic carbocycles. The Morgan fingerprint density at radius 1 is 0.773 bits per heavy atom. The first-order chi connectivity index (χ1) is 21.3. The van der Waals surface area contributed by atoms with Gasteiger partial charge in [-0.1, -0.05) is 60.2 Å². The van der Waals surface area contributed by atoms with Gasteiger partial charge in [0.1, 0.15) is 17.8 Å². The number of aryl methyl sites for hydroxylation is 1. The zero-order valence-corrected chi connectivity index (χ0v) is 25.1. The van der Waals surface area contributed by atoms with Crippen LogP contribution in [-0.4, -0.2) is 41.4 Å². The second-order valence-corrected chi connectivity index (χ2v) is 10.5. The van der Waals surface area contributed by atoms with Crippen LogP contribution >= 0.6 is 0 Å². The van der Waals surface area contributed by atoms with Crippen molar-refractivity contribution in [3.63, 3.8) is 0 Å². The maximum absolute atomic E-state index is 13.8. The molecular formula is C35H39N5O4. The van der Waals surface area contributed by atoms with Gasteiger partial charge in [-0.3, -0.25) is 19.4 Å². The molecule has 1 heterocycles. The van der Waals surface area contributed by atoms with Crippen molar-refractivity contribution >= 4 is 17.7 Å². The van der Waals surface area contributed by atoms with Crippen molar-refractivity contribution in [2.24, 2.45) is 5.73 Å². The van der Waals surface area contributed by atoms with Crippen LogP contribution in [0.2, 0.25) is 0 Å². The van der Waals surface area contributed by atoms with E-state index < -0.39 is 18.0 Å². The molecule has 9 nitrogen and oxygen atoms in total. The molecule has 5 N–H and O–H groups in total. The average molecular weight is 594 g/mol. The maximum Gasteiger partial charge on any atom is 0.251 e. The van der Waals surface area contributed by atoms with Gasteiger partial charge in [-0.05, 0) is 66.4 Å². The van der Waals surface area contributed by atoms with Gasteiger partial charge in [0.25, 0.3) is 5.91 Å². The third-order valence-corrected chi connectivity index (χ3v) is 7.13. The molecule has 9 heteroatoms. The summed E-state index contributed by atoms with van der Waals surface area (Å²) in [6.45, 7) is 5.10. The summed E-state index contributed by atoms with van der Waals surface area (Å²) in [6.07, 6.45) is 3.74. The van der Waals surface area contributed by atoms with E-state index in [4.69, 9.17) is 10.5 Å². The highest BCUT2D eigenvalue weighted by atomic mass is 16.5. The van der Waals surface area contributed by atoms with Crippen LogP contribution in [0.15, 0.2) is 97.3 Å². The highest BCUT2D eigenvalue weighted by molar-refractivity contribution is 5.98. The number of carbonyl (C=O) groups is 3. The number of hydrogen-bond acceptors (Lipinski definition) is 6. The number of ether oxygens (including phenoxy) is 1. The standard InChI is InChI=1S/C35H39N5O4/c1-3-44-30-16-12-25(13-17-30)19-32(39-33(41)29-14-6-24(2)7-15-29)35(43)40-31(20-28-5-4-18-37-22-28)34(42)38-23-27-10-8-26(21-36)9-11-27/h4-18,22,31-32H,3,19-21,23,36H2,1-2H3,(H,38,42)(H,39,41)(H,40,43). The van der Waals surface area contributed by atoms with Gasteiger partial charge in [0.15, 0.2) is 0 Å². The molecule has 44 heavy (non-hydrogen) atoms. The van der Waals surface area contributed by atoms with Crippen molar-refractivity contribution in [2.75, 3.05) is 6.61 Å². The summed E-state index contributed by atoms with van der Waals surface area (Å²) < 4.78 is 5.54. The molecule has 3 aromatic carbocycles. The molecule has 0 saturated heterocycles. The van der Waals surface area contributed by atoms with E-state index in [0.29, 0.717) is 24.5 Å². The second kappa shape index (κ2) is 16.0. The van der Waals surface area contributed by atoms with Crippen molar-refractivity contribution in [3.8, 4) is 5.75 Å². The van der Waals surface area contributed by atoms with E-state index in [9.17, 15) is 14.4 Å². The second-order valence-electron chi connectivity index (χ2n) is 10.5. The minimum Gasteiger partial charge on any atom is -0.494 e. The molecule has 228 valence electrons. The minimum atomic E-state index is -0.949. The Balaban J connectivity index is 1.53. The molecule has 0 radical (unpaired) electrons. The van der Waals surface area contributed by atoms with E-state index in [2.05, 4.69) is 20.9 Å². The summed E-state index contributed by atoms with van der Waals surface area (Å²) in [4.78, 5) is 44.7. The number of aromatic nitrogens is 1. The summed E-state index contributed by atoms with van der Waals surface area (Å²) in [5, 5.41) is 8.72. The third kappa shape index (κ3) is 9.50. The fourth-order valence-corrected chi connectivity index (χ4v) is 4.62. The largest absolute Gasteiger partial charge is 0.494 e. The summed E-state index contributed by atoms with van der Waals surface area (Å²) in [6, 6.07) is 23.9. The summed E-state index contributed by atoms with van der Waals surface area (Å²) in [5.74, 6) is -0.498. The first-order valence-electron chi connectivity index (χ1n) is 14.7. The Kier molecular flexibility index (Phi) is 11.6. The number of nitrogens with two attached hydrogens (primary N) is 1. The quantitative estimate of drug-likeness (QED) is 0.176. The van der Waals surface area contributed by atoms with E-state index in [1.807, 2.05) is 80.6 Å². The van der Waals surface area contributed by atoms with Crippen molar-refractivity contribution in [1.82, 2.24) is 20.9 Å². The van der Waals surface area contributed by atoms with Crippen LogP contribution in [-0.2, 0) is 35.5 Å². The number of nitrogens with one attached hydrogen (secondary N) is 3. The molecule has 2 atom stereocenters. The molecule has 0 aliphatic rings. The van der Waals surface area contributed by atoms with Crippen LogP contribution in [0.1, 0.15) is 45.1 Å². The molecule has 4 aromatic rings. The van der Waals surface area contributed by atoms with E-state index >= 15 is 0 Å². The SMILES string of the molecule is CCOc1ccc(CC(NC(=O)c2ccc(C)cc2)C(=O)NC(Cc2cccnc2)C(=O)NCc2ccc(CN)cc2)cc1. The molecule has 0 fully saturated rings. The zero-order chi connectivity index (χ0) is 31.3. The number of amides is 3. The number of rotatable bonds is 14. The molecular weight excluding hydrogens is 554 g/mol. The maximum atomic E-state index is 13.8. The van der Waals surface area contributed by atoms with Gasteiger partial charge in [-0.15, -0.1) is 0 Å². The van der Waals surface area contributed by atoms with Gasteiger partial charge >= 0.3 is 0 Å². The average Bonchev–Trinajstić information content (AvgIpc) is 3.05. The monoisotopic (exact) mass is 593 g/mol. The van der Waals surface area contributed by atoms with Gasteiger partial charge in [-0.25, -0.2) is 0 Å². The topological polar surface area (TPSA) is 135 Å². The molecule has 0 spiro atoms. The first kappa shape index (κ1) is 31.9. The minimum absolute atomic E-state index is 0.213. The van der Waals surface area contributed by atoms with Gasteiger partial charge in [0, 0.05) is 43.9 Å². The highest BCUT2D eigenvalue weighted by Gasteiger charge is 2.28. The van der Waals surface area contributed by atoms with Crippen LogP contribution < -0.4 is 26.4 Å². The Bertz CT molecular complexity index is 1510. The lowest BCUT2D eigenvalue weighted by atomic mass is 10.0. The number of pyridine rings is 1. The molecule has 0 saturated carbocycles. The highest BCUT2D eigenvalue weighted by Crippen LogP contribution is 2.15. The van der Waals surface area contributed by atoms with Crippen LogP contribution in [0.25, 0.3) is 0 Å². The number of carbonyl (C=O) groups excluding carboxylic acids is 3. The van der Waals surface area contributed by atoms with E-state index in [-0.39, 0.29) is 31.2 Å². The lowest BCUT2D eigenvalue weighted by Gasteiger charge is -2.24. The van der Waals surface area contributed by atoms with Crippen molar-refractivity contribution in [1.29, 1.82) is 0 Å². The lowest BCUT2D eigenvalue weighted by molar-refractivity contribution is -0.130. The summed E-state index contributed by atoms with van der Waals surface area (Å²) >= 11 is 0. The van der Waals surface area contributed by atoms with Crippen LogP contribution in [0.4, 0.5) is 0 Å². The third-order valence-electron chi connectivity index (χ3n) is 7.13. The normalized spacial score (nSPS) is 12.1. The fraction of sp³-hybridized carbons (Fsp3) is 0.257. The number of benzene rings is 3. The van der Waals surface area contributed by atoms with Crippen LogP contribution in [0.3, 0.4) is 0 Å². The molecule has 0 aliphatic heterocycles. The Morgan fingerprint density at radius 2 is 1.41 bits per heavy atom. The number of nitrogens with zero attached hydrogens (tertiary/aromatic N) is 1. The van der Waals surface area contributed by atoms with E-state index in [1.165, 1.54) is 0 Å². The van der Waals surface area contributed by atoms with Crippen molar-refractivity contribution in [2.45, 2.75) is 51.9 Å².